The lowest BCUT2D eigenvalue weighted by molar-refractivity contribution is -0.134. The highest BCUT2D eigenvalue weighted by Crippen LogP contribution is 2.26. The number of hydrogen-bond acceptors (Lipinski definition) is 2. The van der Waals surface area contributed by atoms with Gasteiger partial charge in [-0.1, -0.05) is 12.5 Å². The van der Waals surface area contributed by atoms with Crippen molar-refractivity contribution in [2.24, 2.45) is 11.7 Å². The van der Waals surface area contributed by atoms with E-state index in [0.717, 1.165) is 25.3 Å². The van der Waals surface area contributed by atoms with E-state index in [1.54, 1.807) is 7.05 Å². The minimum Gasteiger partial charge on any atom is -0.341 e. The topological polar surface area (TPSA) is 46.3 Å². The van der Waals surface area contributed by atoms with Crippen LogP contribution in [0.5, 0.6) is 0 Å². The fraction of sp³-hybridized carbons (Fsp3) is 0.500. The van der Waals surface area contributed by atoms with E-state index in [2.05, 4.69) is 0 Å². The van der Waals surface area contributed by atoms with E-state index in [1.807, 2.05) is 0 Å². The predicted molar refractivity (Wildman–Crippen MR) is 75.4 cm³/mol. The Kier molecular flexibility index (Phi) is 5.89. The quantitative estimate of drug-likeness (QED) is 0.932. The molecule has 1 fully saturated rings. The Bertz CT molecular complexity index is 484. The summed E-state index contributed by atoms with van der Waals surface area (Å²) in [5.41, 5.74) is 6.20. The van der Waals surface area contributed by atoms with E-state index in [9.17, 15) is 13.6 Å². The first-order valence-corrected chi connectivity index (χ1v) is 6.43. The molecule has 1 aromatic rings. The molecule has 2 rings (SSSR count). The molecule has 0 spiro atoms. The van der Waals surface area contributed by atoms with Crippen LogP contribution in [0, 0.1) is 17.6 Å². The van der Waals surface area contributed by atoms with Gasteiger partial charge in [-0.25, -0.2) is 8.78 Å². The molecule has 20 heavy (non-hydrogen) atoms. The van der Waals surface area contributed by atoms with E-state index in [0.29, 0.717) is 5.56 Å². The number of nitrogens with zero attached hydrogens (tertiary/aromatic N) is 1. The van der Waals surface area contributed by atoms with Crippen LogP contribution in [-0.4, -0.2) is 23.9 Å². The molecule has 112 valence electrons. The summed E-state index contributed by atoms with van der Waals surface area (Å²) in [6.07, 6.45) is 2.60. The van der Waals surface area contributed by atoms with Crippen molar-refractivity contribution in [2.75, 3.05) is 7.05 Å². The third-order valence-electron chi connectivity index (χ3n) is 3.69. The van der Waals surface area contributed by atoms with Crippen molar-refractivity contribution in [3.05, 3.63) is 35.4 Å². The first-order valence-electron chi connectivity index (χ1n) is 6.43. The molecule has 2 unspecified atom stereocenters. The lowest BCUT2D eigenvalue weighted by Crippen LogP contribution is -2.39. The number of carbonyl (C=O) groups is 1. The molecule has 2 N–H and O–H groups in total. The summed E-state index contributed by atoms with van der Waals surface area (Å²) in [4.78, 5) is 13.7. The smallest absolute Gasteiger partial charge is 0.227 e. The molecule has 0 heterocycles. The molecule has 0 bridgehead atoms. The monoisotopic (exact) mass is 304 g/mol. The van der Waals surface area contributed by atoms with Crippen LogP contribution in [0.2, 0.25) is 0 Å². The van der Waals surface area contributed by atoms with E-state index in [4.69, 9.17) is 5.73 Å². The fourth-order valence-electron chi connectivity index (χ4n) is 2.56. The van der Waals surface area contributed by atoms with Crippen molar-refractivity contribution < 1.29 is 13.6 Å². The molecule has 1 amide bonds. The minimum atomic E-state index is -0.629. The van der Waals surface area contributed by atoms with Gasteiger partial charge in [-0.2, -0.15) is 0 Å². The van der Waals surface area contributed by atoms with Gasteiger partial charge in [0.05, 0.1) is 5.92 Å². The molecule has 0 radical (unpaired) electrons. The standard InChI is InChI=1S/C14H18F2N2O.ClH/c1-18(14(19)11-3-2-4-13(11)17)8-9-5-6-10(15)7-12(9)16;/h5-7,11,13H,2-4,8,17H2,1H3;1H. The maximum absolute atomic E-state index is 13.5. The number of halogens is 3. The van der Waals surface area contributed by atoms with Gasteiger partial charge < -0.3 is 10.6 Å². The molecule has 1 saturated carbocycles. The zero-order valence-electron chi connectivity index (χ0n) is 11.3. The van der Waals surface area contributed by atoms with Crippen LogP contribution in [0.1, 0.15) is 24.8 Å². The second-order valence-corrected chi connectivity index (χ2v) is 5.13. The number of hydrogen-bond donors (Lipinski definition) is 1. The summed E-state index contributed by atoms with van der Waals surface area (Å²) in [7, 11) is 1.62. The Balaban J connectivity index is 0.00000200. The van der Waals surface area contributed by atoms with Gasteiger partial charge in [0.15, 0.2) is 0 Å². The molecule has 3 nitrogen and oxygen atoms in total. The predicted octanol–water partition coefficient (Wildman–Crippen LogP) is 2.47. The number of nitrogens with two attached hydrogens (primary N) is 1. The van der Waals surface area contributed by atoms with Crippen LogP contribution in [0.4, 0.5) is 8.78 Å². The molecule has 1 aromatic carbocycles. The van der Waals surface area contributed by atoms with Gasteiger partial charge in [-0.05, 0) is 18.9 Å². The third kappa shape index (κ3) is 3.67. The van der Waals surface area contributed by atoms with Gasteiger partial charge in [0.2, 0.25) is 5.91 Å². The molecule has 1 aliphatic rings. The second-order valence-electron chi connectivity index (χ2n) is 5.13. The van der Waals surface area contributed by atoms with Crippen LogP contribution >= 0.6 is 12.4 Å². The number of carbonyl (C=O) groups excluding carboxylic acids is 1. The number of benzene rings is 1. The maximum Gasteiger partial charge on any atom is 0.227 e. The zero-order valence-corrected chi connectivity index (χ0v) is 12.1. The van der Waals surface area contributed by atoms with Crippen molar-refractivity contribution in [1.82, 2.24) is 4.90 Å². The molecule has 2 atom stereocenters. The van der Waals surface area contributed by atoms with Crippen LogP contribution in [-0.2, 0) is 11.3 Å². The Morgan fingerprint density at radius 3 is 2.65 bits per heavy atom. The highest BCUT2D eigenvalue weighted by molar-refractivity contribution is 5.85. The van der Waals surface area contributed by atoms with Crippen molar-refractivity contribution in [1.29, 1.82) is 0 Å². The van der Waals surface area contributed by atoms with Crippen LogP contribution in [0.3, 0.4) is 0 Å². The Morgan fingerprint density at radius 2 is 2.10 bits per heavy atom. The van der Waals surface area contributed by atoms with E-state index >= 15 is 0 Å². The van der Waals surface area contributed by atoms with Crippen molar-refractivity contribution in [2.45, 2.75) is 31.8 Å². The van der Waals surface area contributed by atoms with Crippen LogP contribution in [0.15, 0.2) is 18.2 Å². The summed E-state index contributed by atoms with van der Waals surface area (Å²) < 4.78 is 26.3. The fourth-order valence-corrected chi connectivity index (χ4v) is 2.56. The molecule has 0 aromatic heterocycles. The first kappa shape index (κ1) is 16.9. The summed E-state index contributed by atoms with van der Waals surface area (Å²) in [6.45, 7) is 0.133. The number of rotatable bonds is 3. The number of amides is 1. The molecule has 0 aliphatic heterocycles. The molecular weight excluding hydrogens is 286 g/mol. The minimum absolute atomic E-state index is 0. The third-order valence-corrected chi connectivity index (χ3v) is 3.69. The van der Waals surface area contributed by atoms with Crippen LogP contribution < -0.4 is 5.73 Å². The van der Waals surface area contributed by atoms with Crippen molar-refractivity contribution >= 4 is 18.3 Å². The largest absolute Gasteiger partial charge is 0.341 e. The van der Waals surface area contributed by atoms with Gasteiger partial charge >= 0.3 is 0 Å². The van der Waals surface area contributed by atoms with Gasteiger partial charge in [0, 0.05) is 31.3 Å². The van der Waals surface area contributed by atoms with Gasteiger partial charge in [0.25, 0.3) is 0 Å². The Hall–Kier alpha value is -1.20. The lowest BCUT2D eigenvalue weighted by Gasteiger charge is -2.23. The van der Waals surface area contributed by atoms with Gasteiger partial charge in [-0.3, -0.25) is 4.79 Å². The van der Waals surface area contributed by atoms with E-state index in [-0.39, 0.29) is 36.8 Å². The van der Waals surface area contributed by atoms with E-state index in [1.165, 1.54) is 17.0 Å². The highest BCUT2D eigenvalue weighted by Gasteiger charge is 2.32. The van der Waals surface area contributed by atoms with Crippen molar-refractivity contribution in [3.8, 4) is 0 Å². The van der Waals surface area contributed by atoms with Crippen LogP contribution in [0.25, 0.3) is 0 Å². The Morgan fingerprint density at radius 1 is 1.40 bits per heavy atom. The SMILES string of the molecule is CN(Cc1ccc(F)cc1F)C(=O)C1CCCC1N.Cl. The normalized spacial score (nSPS) is 21.4. The summed E-state index contributed by atoms with van der Waals surface area (Å²) in [5, 5.41) is 0. The summed E-state index contributed by atoms with van der Waals surface area (Å²) >= 11 is 0. The summed E-state index contributed by atoms with van der Waals surface area (Å²) in [5.74, 6) is -1.48. The molecule has 1 aliphatic carbocycles. The summed E-state index contributed by atoms with van der Waals surface area (Å²) in [6, 6.07) is 3.28. The first-order chi connectivity index (χ1) is 8.99. The molecule has 6 heteroatoms. The van der Waals surface area contributed by atoms with E-state index < -0.39 is 11.6 Å². The van der Waals surface area contributed by atoms with Gasteiger partial charge in [0.1, 0.15) is 11.6 Å². The Labute approximate surface area is 123 Å². The average Bonchev–Trinajstić information content (AvgIpc) is 2.78. The average molecular weight is 305 g/mol. The molecule has 0 saturated heterocycles. The van der Waals surface area contributed by atoms with Gasteiger partial charge in [-0.15, -0.1) is 12.4 Å². The zero-order chi connectivity index (χ0) is 14.0. The highest BCUT2D eigenvalue weighted by atomic mass is 35.5. The maximum atomic E-state index is 13.5. The molecular formula is C14H19ClF2N2O. The van der Waals surface area contributed by atoms with Crippen molar-refractivity contribution in [3.63, 3.8) is 0 Å². The second kappa shape index (κ2) is 6.99. The lowest BCUT2D eigenvalue weighted by atomic mass is 10.0.